The summed E-state index contributed by atoms with van der Waals surface area (Å²) in [6.07, 6.45) is 12.0. The predicted molar refractivity (Wildman–Crippen MR) is 96.9 cm³/mol. The summed E-state index contributed by atoms with van der Waals surface area (Å²) >= 11 is 1.62. The second kappa shape index (κ2) is 18.2. The molecule has 0 aliphatic rings. The summed E-state index contributed by atoms with van der Waals surface area (Å²) in [7, 11) is -3.88. The van der Waals surface area contributed by atoms with E-state index in [1.54, 1.807) is 11.8 Å². The summed E-state index contributed by atoms with van der Waals surface area (Å²) in [5, 5.41) is 0. The van der Waals surface area contributed by atoms with Crippen LogP contribution in [0.15, 0.2) is 0 Å². The molecule has 0 aromatic rings. The van der Waals surface area contributed by atoms with E-state index in [1.165, 1.54) is 19.3 Å². The SMILES string of the molecule is CCCCCC(=O)CSC.CCCCCCCCS(=O)(=O)OF. The van der Waals surface area contributed by atoms with E-state index in [2.05, 4.69) is 18.2 Å². The normalized spacial score (nSPS) is 11.0. The van der Waals surface area contributed by atoms with Gasteiger partial charge in [0.2, 0.25) is 0 Å². The number of carbonyl (C=O) groups excluding carboxylic acids is 1. The molecule has 4 nitrogen and oxygen atoms in total. The van der Waals surface area contributed by atoms with Gasteiger partial charge in [0.15, 0.2) is 0 Å². The third-order valence-corrected chi connectivity index (χ3v) is 4.80. The minimum Gasteiger partial charge on any atom is -0.299 e. The number of ketones is 1. The van der Waals surface area contributed by atoms with Crippen molar-refractivity contribution in [2.45, 2.75) is 78.1 Å². The van der Waals surface area contributed by atoms with Crippen LogP contribution < -0.4 is 0 Å². The Morgan fingerprint density at radius 1 is 0.957 bits per heavy atom. The highest BCUT2D eigenvalue weighted by atomic mass is 32.2. The van der Waals surface area contributed by atoms with Crippen LogP contribution in [0, 0.1) is 0 Å². The van der Waals surface area contributed by atoms with Gasteiger partial charge in [-0.05, 0) is 23.6 Å². The van der Waals surface area contributed by atoms with Gasteiger partial charge >= 0.3 is 0 Å². The Balaban J connectivity index is 0. The number of hydrogen-bond donors (Lipinski definition) is 0. The Bertz CT molecular complexity index is 359. The zero-order valence-corrected chi connectivity index (χ0v) is 16.4. The summed E-state index contributed by atoms with van der Waals surface area (Å²) in [6.45, 7) is 4.26. The number of carbonyl (C=O) groups is 1. The summed E-state index contributed by atoms with van der Waals surface area (Å²) in [5.41, 5.74) is 0. The lowest BCUT2D eigenvalue weighted by atomic mass is 10.1. The third-order valence-electron chi connectivity index (χ3n) is 3.21. The fourth-order valence-corrected chi connectivity index (χ4v) is 2.98. The summed E-state index contributed by atoms with van der Waals surface area (Å²) < 4.78 is 35.1. The second-order valence-electron chi connectivity index (χ2n) is 5.52. The van der Waals surface area contributed by atoms with E-state index in [0.29, 0.717) is 18.0 Å². The summed E-state index contributed by atoms with van der Waals surface area (Å²) in [5.74, 6) is 0.889. The van der Waals surface area contributed by atoms with Gasteiger partial charge in [-0.2, -0.15) is 20.2 Å². The molecule has 140 valence electrons. The first-order valence-electron chi connectivity index (χ1n) is 8.47. The quantitative estimate of drug-likeness (QED) is 0.398. The molecule has 0 fully saturated rings. The van der Waals surface area contributed by atoms with Crippen LogP contribution in [0.25, 0.3) is 0 Å². The Hall–Kier alpha value is -0.140. The van der Waals surface area contributed by atoms with Crippen LogP contribution in [0.2, 0.25) is 0 Å². The Kier molecular flexibility index (Phi) is 19.9. The van der Waals surface area contributed by atoms with Crippen molar-refractivity contribution in [3.63, 3.8) is 0 Å². The number of rotatable bonds is 14. The highest BCUT2D eigenvalue weighted by Crippen LogP contribution is 2.07. The molecule has 0 radical (unpaired) electrons. The molecule has 7 heteroatoms. The number of unbranched alkanes of at least 4 members (excludes halogenated alkanes) is 7. The lowest BCUT2D eigenvalue weighted by Gasteiger charge is -1.99. The van der Waals surface area contributed by atoms with Gasteiger partial charge in [0.05, 0.1) is 11.5 Å². The highest BCUT2D eigenvalue weighted by molar-refractivity contribution is 7.99. The van der Waals surface area contributed by atoms with Crippen LogP contribution in [0.1, 0.15) is 78.1 Å². The van der Waals surface area contributed by atoms with E-state index in [-0.39, 0.29) is 5.75 Å². The van der Waals surface area contributed by atoms with Crippen molar-refractivity contribution in [1.82, 2.24) is 0 Å². The molecule has 0 aromatic carbocycles. The largest absolute Gasteiger partial charge is 0.299 e. The molecule has 0 atom stereocenters. The number of Topliss-reactive ketones (excluding diaryl/α,β-unsaturated/α-hetero) is 1. The van der Waals surface area contributed by atoms with Crippen molar-refractivity contribution >= 4 is 27.7 Å². The molecule has 0 amide bonds. The summed E-state index contributed by atoms with van der Waals surface area (Å²) in [4.78, 5) is 10.9. The monoisotopic (exact) mass is 372 g/mol. The first kappa shape index (κ1) is 25.1. The number of halogens is 1. The average molecular weight is 373 g/mol. The zero-order valence-electron chi connectivity index (χ0n) is 14.8. The topological polar surface area (TPSA) is 60.4 Å². The molecule has 0 bridgehead atoms. The smallest absolute Gasteiger partial charge is 0.297 e. The molecule has 23 heavy (non-hydrogen) atoms. The number of hydrogen-bond acceptors (Lipinski definition) is 5. The van der Waals surface area contributed by atoms with E-state index in [4.69, 9.17) is 0 Å². The molecule has 0 aromatic heterocycles. The summed E-state index contributed by atoms with van der Waals surface area (Å²) in [6, 6.07) is 0. The predicted octanol–water partition coefficient (Wildman–Crippen LogP) is 5.08. The van der Waals surface area contributed by atoms with Crippen molar-refractivity contribution in [2.75, 3.05) is 17.8 Å². The third kappa shape index (κ3) is 21.9. The van der Waals surface area contributed by atoms with E-state index < -0.39 is 10.1 Å². The van der Waals surface area contributed by atoms with E-state index in [0.717, 1.165) is 38.5 Å². The average Bonchev–Trinajstić information content (AvgIpc) is 2.52. The van der Waals surface area contributed by atoms with E-state index >= 15 is 0 Å². The van der Waals surface area contributed by atoms with Crippen LogP contribution in [0.4, 0.5) is 4.53 Å². The molecule has 0 rings (SSSR count). The molecular weight excluding hydrogens is 339 g/mol. The van der Waals surface area contributed by atoms with Gasteiger partial charge in [0.25, 0.3) is 10.1 Å². The fourth-order valence-electron chi connectivity index (χ4n) is 1.90. The van der Waals surface area contributed by atoms with Crippen molar-refractivity contribution in [1.29, 1.82) is 0 Å². The molecule has 0 heterocycles. The maximum atomic E-state index is 11.3. The van der Waals surface area contributed by atoms with Gasteiger partial charge in [-0.1, -0.05) is 63.2 Å². The van der Waals surface area contributed by atoms with Gasteiger partial charge in [-0.3, -0.25) is 4.79 Å². The van der Waals surface area contributed by atoms with Crippen molar-refractivity contribution < 1.29 is 22.1 Å². The molecule has 0 N–H and O–H groups in total. The Labute approximate surface area is 146 Å². The Morgan fingerprint density at radius 2 is 1.48 bits per heavy atom. The standard InChI is InChI=1S/C8H17FO3S.C8H16OS/c1-2-3-4-5-6-7-8-13(10,11)12-9;1-3-4-5-6-8(9)7-10-2/h2-8H2,1H3;3-7H2,1-2H3. The zero-order chi connectivity index (χ0) is 18.0. The molecule has 0 spiro atoms. The lowest BCUT2D eigenvalue weighted by Crippen LogP contribution is -2.05. The van der Waals surface area contributed by atoms with E-state index in [9.17, 15) is 17.7 Å². The van der Waals surface area contributed by atoms with Gasteiger partial charge in [-0.15, -0.1) is 0 Å². The molecule has 0 unspecified atom stereocenters. The minimum absolute atomic E-state index is 0.213. The second-order valence-corrected chi connectivity index (χ2v) is 8.04. The van der Waals surface area contributed by atoms with Gasteiger partial charge < -0.3 is 0 Å². The van der Waals surface area contributed by atoms with Crippen LogP contribution >= 0.6 is 11.8 Å². The van der Waals surface area contributed by atoms with Crippen molar-refractivity contribution in [2.24, 2.45) is 0 Å². The molecule has 0 saturated heterocycles. The fraction of sp³-hybridized carbons (Fsp3) is 0.938. The first-order chi connectivity index (χ1) is 10.9. The van der Waals surface area contributed by atoms with Gasteiger partial charge in [-0.25, -0.2) is 0 Å². The maximum Gasteiger partial charge on any atom is 0.297 e. The molecule has 0 aliphatic heterocycles. The van der Waals surface area contributed by atoms with Crippen LogP contribution in [-0.4, -0.2) is 32.0 Å². The van der Waals surface area contributed by atoms with Crippen molar-refractivity contribution in [3.8, 4) is 0 Å². The minimum atomic E-state index is -3.88. The van der Waals surface area contributed by atoms with Gasteiger partial charge in [0.1, 0.15) is 5.78 Å². The number of thioether (sulfide) groups is 1. The maximum absolute atomic E-state index is 11.3. The lowest BCUT2D eigenvalue weighted by molar-refractivity contribution is -0.116. The highest BCUT2D eigenvalue weighted by Gasteiger charge is 2.09. The first-order valence-corrected chi connectivity index (χ1v) is 11.4. The molecular formula is C16H33FO4S2. The van der Waals surface area contributed by atoms with Gasteiger partial charge in [0, 0.05) is 6.42 Å². The molecule has 0 aliphatic carbocycles. The van der Waals surface area contributed by atoms with E-state index in [1.807, 2.05) is 6.26 Å². The molecule has 0 saturated carbocycles. The van der Waals surface area contributed by atoms with Crippen LogP contribution in [0.3, 0.4) is 0 Å². The Morgan fingerprint density at radius 3 is 2.00 bits per heavy atom. The van der Waals surface area contributed by atoms with Crippen LogP contribution in [0.5, 0.6) is 0 Å². The van der Waals surface area contributed by atoms with Crippen molar-refractivity contribution in [3.05, 3.63) is 0 Å². The van der Waals surface area contributed by atoms with Crippen LogP contribution in [-0.2, 0) is 19.3 Å².